The molecule has 0 radical (unpaired) electrons. The van der Waals surface area contributed by atoms with Crippen LogP contribution in [0.5, 0.6) is 0 Å². The average Bonchev–Trinajstić information content (AvgIpc) is 2.68. The molecule has 8 nitrogen and oxygen atoms in total. The zero-order chi connectivity index (χ0) is 21.5. The first-order chi connectivity index (χ1) is 13.5. The van der Waals surface area contributed by atoms with Gasteiger partial charge in [-0.3, -0.25) is 18.7 Å². The molecule has 0 unspecified atom stereocenters. The second kappa shape index (κ2) is 7.35. The summed E-state index contributed by atoms with van der Waals surface area (Å²) in [6.45, 7) is 0. The normalized spacial score (nSPS) is 11.8. The lowest BCUT2D eigenvalue weighted by Gasteiger charge is -2.12. The van der Waals surface area contributed by atoms with Crippen molar-refractivity contribution in [3.05, 3.63) is 56.5 Å². The van der Waals surface area contributed by atoms with Gasteiger partial charge in [0.15, 0.2) is 5.78 Å². The number of halogens is 3. The van der Waals surface area contributed by atoms with Crippen LogP contribution >= 0.6 is 11.8 Å². The van der Waals surface area contributed by atoms with Crippen LogP contribution < -0.4 is 17.0 Å². The molecule has 2 N–H and O–H groups in total. The predicted molar refractivity (Wildman–Crippen MR) is 101 cm³/mol. The quantitative estimate of drug-likeness (QED) is 0.384. The molecule has 0 bridgehead atoms. The number of nitrogens with zero attached hydrogens (tertiary/aromatic N) is 4. The number of carbonyl (C=O) groups is 1. The van der Waals surface area contributed by atoms with Gasteiger partial charge in [-0.1, -0.05) is 30.0 Å². The van der Waals surface area contributed by atoms with Gasteiger partial charge < -0.3 is 5.73 Å². The average molecular weight is 425 g/mol. The third-order valence-electron chi connectivity index (χ3n) is 4.15. The molecule has 12 heteroatoms. The number of aromatic nitrogens is 4. The number of thioether (sulfide) groups is 1. The SMILES string of the molecule is Cn1c(N)c(C(=O)CSc2nc(C(F)(F)F)nc3ccccc23)c(=O)n(C)c1=O. The van der Waals surface area contributed by atoms with Crippen LogP contribution in [0.1, 0.15) is 16.2 Å². The van der Waals surface area contributed by atoms with Gasteiger partial charge in [0.1, 0.15) is 16.4 Å². The van der Waals surface area contributed by atoms with Crippen molar-refractivity contribution in [1.82, 2.24) is 19.1 Å². The van der Waals surface area contributed by atoms with E-state index in [1.165, 1.54) is 32.3 Å². The Bertz CT molecular complexity index is 1250. The largest absolute Gasteiger partial charge is 0.451 e. The molecule has 0 aliphatic heterocycles. The lowest BCUT2D eigenvalue weighted by molar-refractivity contribution is -0.145. The van der Waals surface area contributed by atoms with Gasteiger partial charge in [-0.2, -0.15) is 13.2 Å². The molecule has 0 spiro atoms. The fourth-order valence-electron chi connectivity index (χ4n) is 2.61. The Labute approximate surface area is 165 Å². The number of nitrogen functional groups attached to an aromatic ring is 1. The van der Waals surface area contributed by atoms with E-state index in [4.69, 9.17) is 5.73 Å². The Hall–Kier alpha value is -3.15. The van der Waals surface area contributed by atoms with Gasteiger partial charge in [0, 0.05) is 19.5 Å². The number of para-hydroxylation sites is 1. The van der Waals surface area contributed by atoms with Crippen molar-refractivity contribution in [3.63, 3.8) is 0 Å². The maximum atomic E-state index is 13.1. The fraction of sp³-hybridized carbons (Fsp3) is 0.235. The van der Waals surface area contributed by atoms with Gasteiger partial charge in [0.25, 0.3) is 5.56 Å². The lowest BCUT2D eigenvalue weighted by atomic mass is 10.2. The summed E-state index contributed by atoms with van der Waals surface area (Å²) in [5.74, 6) is -2.79. The Balaban J connectivity index is 2.01. The van der Waals surface area contributed by atoms with E-state index in [9.17, 15) is 27.6 Å². The van der Waals surface area contributed by atoms with E-state index in [1.807, 2.05) is 0 Å². The molecule has 0 saturated carbocycles. The molecule has 1 aromatic carbocycles. The summed E-state index contributed by atoms with van der Waals surface area (Å²) in [6, 6.07) is 6.07. The highest BCUT2D eigenvalue weighted by Crippen LogP contribution is 2.32. The molecule has 0 fully saturated rings. The number of ketones is 1. The lowest BCUT2D eigenvalue weighted by Crippen LogP contribution is -2.41. The van der Waals surface area contributed by atoms with Crippen molar-refractivity contribution in [2.75, 3.05) is 11.5 Å². The highest BCUT2D eigenvalue weighted by molar-refractivity contribution is 8.00. The molecular formula is C17H14F3N5O3S. The van der Waals surface area contributed by atoms with Gasteiger partial charge in [0.05, 0.1) is 11.3 Å². The third-order valence-corrected chi connectivity index (χ3v) is 5.14. The predicted octanol–water partition coefficient (Wildman–Crippen LogP) is 1.60. The maximum Gasteiger partial charge on any atom is 0.451 e. The minimum Gasteiger partial charge on any atom is -0.384 e. The summed E-state index contributed by atoms with van der Waals surface area (Å²) < 4.78 is 41.0. The number of nitrogens with two attached hydrogens (primary N) is 1. The van der Waals surface area contributed by atoms with Gasteiger partial charge in [0.2, 0.25) is 5.82 Å². The van der Waals surface area contributed by atoms with Crippen LogP contribution in [0.3, 0.4) is 0 Å². The molecule has 3 aromatic rings. The summed E-state index contributed by atoms with van der Waals surface area (Å²) in [6.07, 6.45) is -4.76. The van der Waals surface area contributed by atoms with Crippen molar-refractivity contribution in [2.45, 2.75) is 11.2 Å². The van der Waals surface area contributed by atoms with Crippen molar-refractivity contribution >= 4 is 34.3 Å². The van der Waals surface area contributed by atoms with E-state index in [0.717, 1.165) is 20.9 Å². The minimum atomic E-state index is -4.76. The molecular weight excluding hydrogens is 411 g/mol. The minimum absolute atomic E-state index is 0.0588. The zero-order valence-corrected chi connectivity index (χ0v) is 16.0. The van der Waals surface area contributed by atoms with Crippen LogP contribution in [0.2, 0.25) is 0 Å². The van der Waals surface area contributed by atoms with Gasteiger partial charge in [-0.05, 0) is 6.07 Å². The number of alkyl halides is 3. The first kappa shape index (κ1) is 20.6. The molecule has 152 valence electrons. The van der Waals surface area contributed by atoms with Crippen molar-refractivity contribution < 1.29 is 18.0 Å². The van der Waals surface area contributed by atoms with Gasteiger partial charge in [-0.25, -0.2) is 14.8 Å². The van der Waals surface area contributed by atoms with E-state index in [0.29, 0.717) is 5.39 Å². The zero-order valence-electron chi connectivity index (χ0n) is 15.1. The van der Waals surface area contributed by atoms with Crippen LogP contribution in [0.4, 0.5) is 19.0 Å². The van der Waals surface area contributed by atoms with E-state index in [1.54, 1.807) is 6.07 Å². The standard InChI is InChI=1S/C17H14F3N5O3S/c1-24-12(21)11(14(27)25(2)16(24)28)10(26)7-29-13-8-5-3-4-6-9(8)22-15(23-13)17(18,19)20/h3-6H,7,21H2,1-2H3. The highest BCUT2D eigenvalue weighted by Gasteiger charge is 2.35. The maximum absolute atomic E-state index is 13.1. The molecule has 0 atom stereocenters. The van der Waals surface area contributed by atoms with Crippen molar-refractivity contribution in [3.8, 4) is 0 Å². The summed E-state index contributed by atoms with van der Waals surface area (Å²) >= 11 is 0.725. The van der Waals surface area contributed by atoms with Crippen molar-refractivity contribution in [1.29, 1.82) is 0 Å². The Kier molecular flexibility index (Phi) is 5.22. The van der Waals surface area contributed by atoms with Crippen LogP contribution in [0, 0.1) is 0 Å². The Morgan fingerprint density at radius 2 is 1.79 bits per heavy atom. The monoisotopic (exact) mass is 425 g/mol. The van der Waals surface area contributed by atoms with E-state index in [2.05, 4.69) is 9.97 Å². The number of carbonyl (C=O) groups excluding carboxylic acids is 1. The summed E-state index contributed by atoms with van der Waals surface area (Å²) in [5.41, 5.74) is 3.83. The topological polar surface area (TPSA) is 113 Å². The van der Waals surface area contributed by atoms with Crippen molar-refractivity contribution in [2.24, 2.45) is 14.1 Å². The number of Topliss-reactive ketones (excluding diaryl/α,β-unsaturated/α-hetero) is 1. The number of rotatable bonds is 4. The molecule has 3 rings (SSSR count). The molecule has 0 amide bonds. The second-order valence-electron chi connectivity index (χ2n) is 6.05. The van der Waals surface area contributed by atoms with Crippen LogP contribution in [0.15, 0.2) is 38.9 Å². The molecule has 2 aromatic heterocycles. The van der Waals surface area contributed by atoms with Gasteiger partial charge >= 0.3 is 11.9 Å². The second-order valence-corrected chi connectivity index (χ2v) is 7.01. The van der Waals surface area contributed by atoms with Crippen LogP contribution in [-0.4, -0.2) is 30.6 Å². The first-order valence-electron chi connectivity index (χ1n) is 8.07. The molecule has 2 heterocycles. The fourth-order valence-corrected chi connectivity index (χ4v) is 3.50. The van der Waals surface area contributed by atoms with Gasteiger partial charge in [-0.15, -0.1) is 0 Å². The molecule has 0 aliphatic carbocycles. The number of benzene rings is 1. The Morgan fingerprint density at radius 3 is 2.45 bits per heavy atom. The van der Waals surface area contributed by atoms with E-state index in [-0.39, 0.29) is 16.4 Å². The number of fused-ring (bicyclic) bond motifs is 1. The molecule has 0 saturated heterocycles. The Morgan fingerprint density at radius 1 is 1.14 bits per heavy atom. The van der Waals surface area contributed by atoms with Crippen LogP contribution in [0.25, 0.3) is 10.9 Å². The summed E-state index contributed by atoms with van der Waals surface area (Å²) in [7, 11) is 2.50. The first-order valence-corrected chi connectivity index (χ1v) is 9.06. The smallest absolute Gasteiger partial charge is 0.384 e. The summed E-state index contributed by atoms with van der Waals surface area (Å²) in [4.78, 5) is 43.8. The number of hydrogen-bond donors (Lipinski definition) is 1. The number of hydrogen-bond acceptors (Lipinski definition) is 7. The number of anilines is 1. The summed E-state index contributed by atoms with van der Waals surface area (Å²) in [5, 5.41) is 0.274. The molecule has 0 aliphatic rings. The third kappa shape index (κ3) is 3.75. The highest BCUT2D eigenvalue weighted by atomic mass is 32.2. The van der Waals surface area contributed by atoms with E-state index >= 15 is 0 Å². The van der Waals surface area contributed by atoms with E-state index < -0.39 is 40.3 Å². The molecule has 29 heavy (non-hydrogen) atoms. The van der Waals surface area contributed by atoms with Crippen LogP contribution in [-0.2, 0) is 20.3 Å².